The summed E-state index contributed by atoms with van der Waals surface area (Å²) in [6.45, 7) is 6.49. The molecule has 2 aromatic carbocycles. The summed E-state index contributed by atoms with van der Waals surface area (Å²) < 4.78 is 16.6. The molecule has 0 fully saturated rings. The zero-order valence-electron chi connectivity index (χ0n) is 15.6. The molecule has 0 heterocycles. The maximum Gasteiger partial charge on any atom is 0.171 e. The van der Waals surface area contributed by atoms with E-state index in [2.05, 4.69) is 10.6 Å². The van der Waals surface area contributed by atoms with E-state index in [1.54, 1.807) is 7.11 Å². The normalized spacial score (nSPS) is 11.6. The van der Waals surface area contributed by atoms with Crippen molar-refractivity contribution in [2.45, 2.75) is 32.9 Å². The number of hydrogen-bond acceptors (Lipinski definition) is 4. The molecule has 0 saturated heterocycles. The second-order valence-electron chi connectivity index (χ2n) is 6.18. The lowest BCUT2D eigenvalue weighted by Gasteiger charge is -2.18. The third kappa shape index (κ3) is 6.80. The Morgan fingerprint density at radius 2 is 1.69 bits per heavy atom. The fourth-order valence-corrected chi connectivity index (χ4v) is 2.56. The SMILES string of the molecule is COc1ccc(OC[C@@H](C)NC(=S)Nc2cccc(OC(C)C)c2)cc1. The van der Waals surface area contributed by atoms with Crippen molar-refractivity contribution in [2.24, 2.45) is 0 Å². The van der Waals surface area contributed by atoms with Crippen molar-refractivity contribution in [1.82, 2.24) is 5.32 Å². The first-order valence-corrected chi connectivity index (χ1v) is 8.98. The molecule has 0 aliphatic carbocycles. The smallest absolute Gasteiger partial charge is 0.171 e. The molecule has 0 spiro atoms. The predicted octanol–water partition coefficient (Wildman–Crippen LogP) is 4.24. The van der Waals surface area contributed by atoms with E-state index in [9.17, 15) is 0 Å². The van der Waals surface area contributed by atoms with Crippen LogP contribution in [0.15, 0.2) is 48.5 Å². The number of rotatable bonds is 8. The van der Waals surface area contributed by atoms with E-state index < -0.39 is 0 Å². The fourth-order valence-electron chi connectivity index (χ4n) is 2.25. The molecular formula is C20H26N2O3S. The topological polar surface area (TPSA) is 51.8 Å². The maximum absolute atomic E-state index is 5.76. The minimum atomic E-state index is 0.0483. The van der Waals surface area contributed by atoms with Gasteiger partial charge < -0.3 is 24.8 Å². The van der Waals surface area contributed by atoms with Gasteiger partial charge in [0.15, 0.2) is 5.11 Å². The van der Waals surface area contributed by atoms with Crippen molar-refractivity contribution >= 4 is 23.0 Å². The summed E-state index contributed by atoms with van der Waals surface area (Å²) in [4.78, 5) is 0. The van der Waals surface area contributed by atoms with Gasteiger partial charge in [-0.3, -0.25) is 0 Å². The summed E-state index contributed by atoms with van der Waals surface area (Å²) in [5.74, 6) is 2.40. The second-order valence-corrected chi connectivity index (χ2v) is 6.59. The lowest BCUT2D eigenvalue weighted by molar-refractivity contribution is 0.242. The van der Waals surface area contributed by atoms with Crippen LogP contribution >= 0.6 is 12.2 Å². The molecule has 0 bridgehead atoms. The molecule has 0 saturated carbocycles. The van der Waals surface area contributed by atoms with Gasteiger partial charge in [0.25, 0.3) is 0 Å². The first kappa shape index (κ1) is 19.8. The molecule has 2 aromatic rings. The molecule has 0 aliphatic heterocycles. The first-order chi connectivity index (χ1) is 12.5. The number of methoxy groups -OCH3 is 1. The van der Waals surface area contributed by atoms with Crippen LogP contribution in [0.25, 0.3) is 0 Å². The van der Waals surface area contributed by atoms with Gasteiger partial charge in [-0.1, -0.05) is 6.07 Å². The minimum absolute atomic E-state index is 0.0483. The number of benzene rings is 2. The summed E-state index contributed by atoms with van der Waals surface area (Å²) in [7, 11) is 1.64. The van der Waals surface area contributed by atoms with Crippen LogP contribution in [0.3, 0.4) is 0 Å². The number of hydrogen-bond donors (Lipinski definition) is 2. The predicted molar refractivity (Wildman–Crippen MR) is 110 cm³/mol. The molecule has 0 aromatic heterocycles. The molecule has 0 radical (unpaired) electrons. The highest BCUT2D eigenvalue weighted by molar-refractivity contribution is 7.80. The van der Waals surface area contributed by atoms with E-state index in [1.807, 2.05) is 69.3 Å². The fraction of sp³-hybridized carbons (Fsp3) is 0.350. The summed E-state index contributed by atoms with van der Waals surface area (Å²) in [5.41, 5.74) is 0.879. The molecule has 2 rings (SSSR count). The van der Waals surface area contributed by atoms with E-state index in [-0.39, 0.29) is 12.1 Å². The molecular weight excluding hydrogens is 348 g/mol. The van der Waals surface area contributed by atoms with Crippen molar-refractivity contribution < 1.29 is 14.2 Å². The summed E-state index contributed by atoms with van der Waals surface area (Å²) in [6, 6.07) is 15.3. The van der Waals surface area contributed by atoms with Gasteiger partial charge in [-0.15, -0.1) is 0 Å². The van der Waals surface area contributed by atoms with E-state index in [1.165, 1.54) is 0 Å². The molecule has 5 nitrogen and oxygen atoms in total. The van der Waals surface area contributed by atoms with Crippen LogP contribution in [0.4, 0.5) is 5.69 Å². The Morgan fingerprint density at radius 3 is 2.35 bits per heavy atom. The molecule has 0 amide bonds. The Balaban J connectivity index is 1.79. The van der Waals surface area contributed by atoms with Gasteiger partial charge in [-0.05, 0) is 69.4 Å². The van der Waals surface area contributed by atoms with Crippen LogP contribution < -0.4 is 24.8 Å². The third-order valence-corrected chi connectivity index (χ3v) is 3.62. The van der Waals surface area contributed by atoms with Crippen molar-refractivity contribution in [3.05, 3.63) is 48.5 Å². The van der Waals surface area contributed by atoms with Gasteiger partial charge in [0, 0.05) is 11.8 Å². The minimum Gasteiger partial charge on any atom is -0.497 e. The molecule has 2 N–H and O–H groups in total. The van der Waals surface area contributed by atoms with E-state index in [0.717, 1.165) is 22.9 Å². The largest absolute Gasteiger partial charge is 0.497 e. The highest BCUT2D eigenvalue weighted by Gasteiger charge is 2.07. The molecule has 0 unspecified atom stereocenters. The Kier molecular flexibility index (Phi) is 7.53. The van der Waals surface area contributed by atoms with Crippen molar-refractivity contribution in [2.75, 3.05) is 19.0 Å². The van der Waals surface area contributed by atoms with Gasteiger partial charge in [-0.2, -0.15) is 0 Å². The van der Waals surface area contributed by atoms with Gasteiger partial charge in [-0.25, -0.2) is 0 Å². The number of ether oxygens (including phenoxy) is 3. The van der Waals surface area contributed by atoms with Gasteiger partial charge >= 0.3 is 0 Å². The standard InChI is InChI=1S/C20H26N2O3S/c1-14(2)25-19-7-5-6-16(12-19)22-20(26)21-15(3)13-24-18-10-8-17(23-4)9-11-18/h5-12,14-15H,13H2,1-4H3,(H2,21,22,26)/t15-/m1/s1. The first-order valence-electron chi connectivity index (χ1n) is 8.57. The monoisotopic (exact) mass is 374 g/mol. The van der Waals surface area contributed by atoms with Crippen LogP contribution in [0.1, 0.15) is 20.8 Å². The van der Waals surface area contributed by atoms with Crippen LogP contribution in [0, 0.1) is 0 Å². The van der Waals surface area contributed by atoms with Crippen LogP contribution in [-0.2, 0) is 0 Å². The average molecular weight is 375 g/mol. The number of anilines is 1. The number of thiocarbonyl (C=S) groups is 1. The van der Waals surface area contributed by atoms with Crippen LogP contribution in [0.5, 0.6) is 17.2 Å². The van der Waals surface area contributed by atoms with E-state index >= 15 is 0 Å². The molecule has 1 atom stereocenters. The molecule has 26 heavy (non-hydrogen) atoms. The summed E-state index contributed by atoms with van der Waals surface area (Å²) in [5, 5.41) is 6.92. The van der Waals surface area contributed by atoms with Crippen LogP contribution in [-0.4, -0.2) is 31.0 Å². The van der Waals surface area contributed by atoms with Crippen molar-refractivity contribution in [3.8, 4) is 17.2 Å². The van der Waals surface area contributed by atoms with Gasteiger partial charge in [0.05, 0.1) is 19.3 Å². The van der Waals surface area contributed by atoms with Gasteiger partial charge in [0.1, 0.15) is 23.9 Å². The van der Waals surface area contributed by atoms with E-state index in [4.69, 9.17) is 26.4 Å². The summed E-state index contributed by atoms with van der Waals surface area (Å²) in [6.07, 6.45) is 0.130. The Morgan fingerprint density at radius 1 is 1.00 bits per heavy atom. The molecule has 0 aliphatic rings. The van der Waals surface area contributed by atoms with E-state index in [0.29, 0.717) is 11.7 Å². The second kappa shape index (κ2) is 9.87. The summed E-state index contributed by atoms with van der Waals surface area (Å²) >= 11 is 5.37. The molecule has 140 valence electrons. The lowest BCUT2D eigenvalue weighted by atomic mass is 10.3. The zero-order valence-corrected chi connectivity index (χ0v) is 16.4. The van der Waals surface area contributed by atoms with Crippen molar-refractivity contribution in [3.63, 3.8) is 0 Å². The third-order valence-electron chi connectivity index (χ3n) is 3.40. The Bertz CT molecular complexity index is 704. The maximum atomic E-state index is 5.76. The quantitative estimate of drug-likeness (QED) is 0.674. The van der Waals surface area contributed by atoms with Gasteiger partial charge in [0.2, 0.25) is 0 Å². The average Bonchev–Trinajstić information content (AvgIpc) is 2.60. The highest BCUT2D eigenvalue weighted by atomic mass is 32.1. The van der Waals surface area contributed by atoms with Crippen molar-refractivity contribution in [1.29, 1.82) is 0 Å². The van der Waals surface area contributed by atoms with Crippen LogP contribution in [0.2, 0.25) is 0 Å². The zero-order chi connectivity index (χ0) is 18.9. The lowest BCUT2D eigenvalue weighted by Crippen LogP contribution is -2.39. The molecule has 6 heteroatoms. The Labute approximate surface area is 160 Å². The Hall–Kier alpha value is -2.47. The highest BCUT2D eigenvalue weighted by Crippen LogP contribution is 2.19. The number of nitrogens with one attached hydrogen (secondary N) is 2.